The van der Waals surface area contributed by atoms with Crippen LogP contribution in [0.4, 0.5) is 0 Å². The molecule has 2 aromatic carbocycles. The molecule has 0 amide bonds. The van der Waals surface area contributed by atoms with Gasteiger partial charge in [-0.1, -0.05) is 35.0 Å². The van der Waals surface area contributed by atoms with Gasteiger partial charge in [-0.25, -0.2) is 0 Å². The molecule has 0 fully saturated rings. The van der Waals surface area contributed by atoms with Crippen molar-refractivity contribution in [1.82, 2.24) is 4.57 Å². The molecule has 0 bridgehead atoms. The lowest BCUT2D eigenvalue weighted by Gasteiger charge is -2.15. The molecule has 0 spiro atoms. The maximum atomic E-state index is 12.7. The van der Waals surface area contributed by atoms with E-state index in [2.05, 4.69) is 15.9 Å². The van der Waals surface area contributed by atoms with E-state index in [0.29, 0.717) is 22.9 Å². The van der Waals surface area contributed by atoms with Gasteiger partial charge in [-0.3, -0.25) is 4.79 Å². The third-order valence-corrected chi connectivity index (χ3v) is 5.76. The van der Waals surface area contributed by atoms with Crippen molar-refractivity contribution in [1.29, 1.82) is 0 Å². The Labute approximate surface area is 154 Å². The number of nitrogens with zero attached hydrogens (tertiary/aromatic N) is 1. The van der Waals surface area contributed by atoms with Crippen LogP contribution >= 0.6 is 15.9 Å². The summed E-state index contributed by atoms with van der Waals surface area (Å²) in [6, 6.07) is 13.2. The Morgan fingerprint density at radius 1 is 1.08 bits per heavy atom. The Morgan fingerprint density at radius 2 is 1.72 bits per heavy atom. The molecule has 0 aliphatic rings. The second-order valence-corrected chi connectivity index (χ2v) is 8.00. The maximum absolute atomic E-state index is 12.7. The largest absolute Gasteiger partial charge is 0.378 e. The van der Waals surface area contributed by atoms with E-state index in [1.54, 1.807) is 50.4 Å². The Balaban J connectivity index is 2.23. The Bertz CT molecular complexity index is 1100. The molecule has 1 heterocycles. The van der Waals surface area contributed by atoms with Crippen molar-refractivity contribution in [3.63, 3.8) is 0 Å². The smallest absolute Gasteiger partial charge is 0.339 e. The number of pyridine rings is 1. The van der Waals surface area contributed by atoms with Crippen LogP contribution in [0.25, 0.3) is 10.9 Å². The van der Waals surface area contributed by atoms with E-state index in [0.717, 1.165) is 4.47 Å². The van der Waals surface area contributed by atoms with Gasteiger partial charge in [-0.15, -0.1) is 0 Å². The number of rotatable bonds is 4. The van der Waals surface area contributed by atoms with Crippen molar-refractivity contribution >= 4 is 37.0 Å². The molecule has 1 aromatic heterocycles. The third-order valence-electron chi connectivity index (χ3n) is 4.00. The molecule has 0 aliphatic heterocycles. The minimum absolute atomic E-state index is 0.0301. The van der Waals surface area contributed by atoms with Crippen molar-refractivity contribution in [3.8, 4) is 5.75 Å². The number of aryl methyl sites for hydroxylation is 1. The van der Waals surface area contributed by atoms with E-state index >= 15 is 0 Å². The predicted molar refractivity (Wildman–Crippen MR) is 101 cm³/mol. The number of hydrogen-bond acceptors (Lipinski definition) is 4. The SMILES string of the molecule is CCc1c(OS(=O)(=O)c2ccc(Br)cc2)c2ccccc2n(C)c1=O. The van der Waals surface area contributed by atoms with E-state index in [1.807, 2.05) is 0 Å². The minimum Gasteiger partial charge on any atom is -0.378 e. The van der Waals surface area contributed by atoms with Crippen molar-refractivity contribution in [2.75, 3.05) is 0 Å². The molecule has 5 nitrogen and oxygen atoms in total. The lowest BCUT2D eigenvalue weighted by Crippen LogP contribution is -2.23. The number of para-hydroxylation sites is 1. The quantitative estimate of drug-likeness (QED) is 0.603. The highest BCUT2D eigenvalue weighted by molar-refractivity contribution is 9.10. The first-order valence-corrected chi connectivity index (χ1v) is 9.86. The monoisotopic (exact) mass is 421 g/mol. The first-order chi connectivity index (χ1) is 11.8. The summed E-state index contributed by atoms with van der Waals surface area (Å²) in [5.74, 6) is 0.101. The van der Waals surface area contributed by atoms with Crippen molar-refractivity contribution in [2.45, 2.75) is 18.2 Å². The number of halogens is 1. The number of benzene rings is 2. The molecule has 0 unspecified atom stereocenters. The van der Waals surface area contributed by atoms with Crippen molar-refractivity contribution < 1.29 is 12.6 Å². The molecule has 130 valence electrons. The molecular formula is C18H16BrNO4S. The van der Waals surface area contributed by atoms with Crippen molar-refractivity contribution in [2.24, 2.45) is 7.05 Å². The van der Waals surface area contributed by atoms with E-state index in [-0.39, 0.29) is 16.2 Å². The number of aromatic nitrogens is 1. The van der Waals surface area contributed by atoms with Gasteiger partial charge in [0.15, 0.2) is 5.75 Å². The van der Waals surface area contributed by atoms with Gasteiger partial charge in [0, 0.05) is 16.9 Å². The maximum Gasteiger partial charge on any atom is 0.339 e. The fourth-order valence-electron chi connectivity index (χ4n) is 2.70. The first-order valence-electron chi connectivity index (χ1n) is 7.66. The molecule has 3 rings (SSSR count). The second-order valence-electron chi connectivity index (χ2n) is 5.53. The molecule has 3 aromatic rings. The lowest BCUT2D eigenvalue weighted by molar-refractivity contribution is 0.484. The fourth-order valence-corrected chi connectivity index (χ4v) is 3.94. The van der Waals surface area contributed by atoms with Crippen LogP contribution in [0.1, 0.15) is 12.5 Å². The molecule has 0 N–H and O–H groups in total. The van der Waals surface area contributed by atoms with Gasteiger partial charge in [0.1, 0.15) is 4.90 Å². The second kappa shape index (κ2) is 6.65. The molecule has 7 heteroatoms. The minimum atomic E-state index is -4.05. The van der Waals surface area contributed by atoms with E-state index < -0.39 is 10.1 Å². The summed E-state index contributed by atoms with van der Waals surface area (Å²) in [4.78, 5) is 12.6. The predicted octanol–water partition coefficient (Wildman–Crippen LogP) is 3.63. The highest BCUT2D eigenvalue weighted by Gasteiger charge is 2.23. The summed E-state index contributed by atoms with van der Waals surface area (Å²) < 4.78 is 33.1. The summed E-state index contributed by atoms with van der Waals surface area (Å²) >= 11 is 3.27. The van der Waals surface area contributed by atoms with Gasteiger partial charge in [0.25, 0.3) is 5.56 Å². The average molecular weight is 422 g/mol. The lowest BCUT2D eigenvalue weighted by atomic mass is 10.1. The standard InChI is InChI=1S/C18H16BrNO4S/c1-3-14-17(15-6-4-5-7-16(15)20(2)18(14)21)24-25(22,23)13-10-8-12(19)9-11-13/h4-11H,3H2,1-2H3. The highest BCUT2D eigenvalue weighted by Crippen LogP contribution is 2.30. The summed E-state index contributed by atoms with van der Waals surface area (Å²) in [7, 11) is -2.39. The van der Waals surface area contributed by atoms with Crippen LogP contribution < -0.4 is 9.74 Å². The summed E-state index contributed by atoms with van der Waals surface area (Å²) in [6.45, 7) is 1.80. The molecule has 25 heavy (non-hydrogen) atoms. The zero-order chi connectivity index (χ0) is 18.2. The van der Waals surface area contributed by atoms with Gasteiger partial charge < -0.3 is 8.75 Å². The van der Waals surface area contributed by atoms with Crippen LogP contribution in [-0.2, 0) is 23.6 Å². The summed E-state index contributed by atoms with van der Waals surface area (Å²) in [5, 5.41) is 0.585. The molecular weight excluding hydrogens is 406 g/mol. The molecule has 0 saturated heterocycles. The van der Waals surface area contributed by atoms with Gasteiger partial charge >= 0.3 is 10.1 Å². The topological polar surface area (TPSA) is 65.4 Å². The molecule has 0 aliphatic carbocycles. The fraction of sp³-hybridized carbons (Fsp3) is 0.167. The van der Waals surface area contributed by atoms with E-state index in [4.69, 9.17) is 4.18 Å². The van der Waals surface area contributed by atoms with Crippen LogP contribution in [-0.4, -0.2) is 13.0 Å². The van der Waals surface area contributed by atoms with Crippen LogP contribution in [0, 0.1) is 0 Å². The van der Waals surface area contributed by atoms with Crippen LogP contribution in [0.3, 0.4) is 0 Å². The number of hydrogen-bond donors (Lipinski definition) is 0. The zero-order valence-corrected chi connectivity index (χ0v) is 16.1. The van der Waals surface area contributed by atoms with Gasteiger partial charge in [-0.2, -0.15) is 8.42 Å². The Hall–Kier alpha value is -2.12. The normalized spacial score (nSPS) is 11.6. The Morgan fingerprint density at radius 3 is 2.36 bits per heavy atom. The Kier molecular flexibility index (Phi) is 4.71. The molecule has 0 saturated carbocycles. The molecule has 0 atom stereocenters. The summed E-state index contributed by atoms with van der Waals surface area (Å²) in [5.41, 5.74) is 0.690. The van der Waals surface area contributed by atoms with Crippen LogP contribution in [0.15, 0.2) is 62.7 Å². The van der Waals surface area contributed by atoms with Crippen LogP contribution in [0.2, 0.25) is 0 Å². The highest BCUT2D eigenvalue weighted by atomic mass is 79.9. The van der Waals surface area contributed by atoms with Gasteiger partial charge in [0.05, 0.1) is 11.1 Å². The average Bonchev–Trinajstić information content (AvgIpc) is 2.60. The zero-order valence-electron chi connectivity index (χ0n) is 13.7. The van der Waals surface area contributed by atoms with E-state index in [1.165, 1.54) is 16.7 Å². The molecule has 0 radical (unpaired) electrons. The number of fused-ring (bicyclic) bond motifs is 1. The van der Waals surface area contributed by atoms with Crippen molar-refractivity contribution in [3.05, 3.63) is 68.9 Å². The van der Waals surface area contributed by atoms with Crippen LogP contribution in [0.5, 0.6) is 5.75 Å². The van der Waals surface area contributed by atoms with Gasteiger partial charge in [0.2, 0.25) is 0 Å². The van der Waals surface area contributed by atoms with Gasteiger partial charge in [-0.05, 0) is 42.8 Å². The summed E-state index contributed by atoms with van der Waals surface area (Å²) in [6.07, 6.45) is 0.364. The van der Waals surface area contributed by atoms with E-state index in [9.17, 15) is 13.2 Å². The first kappa shape index (κ1) is 17.7. The third kappa shape index (κ3) is 3.21.